The zero-order chi connectivity index (χ0) is 24.9. The summed E-state index contributed by atoms with van der Waals surface area (Å²) in [5, 5.41) is 11.8. The minimum Gasteiger partial charge on any atom is -0.448 e. The first-order chi connectivity index (χ1) is 17.4. The normalized spacial score (nSPS) is 39.6. The van der Waals surface area contributed by atoms with Crippen LogP contribution in [0, 0.1) is 46.3 Å². The first-order valence-electron chi connectivity index (χ1n) is 15.1. The Hall–Kier alpha value is -1.61. The molecule has 3 heteroatoms. The van der Waals surface area contributed by atoms with Gasteiger partial charge in [0, 0.05) is 17.9 Å². The third kappa shape index (κ3) is 4.18. The van der Waals surface area contributed by atoms with Gasteiger partial charge in [-0.2, -0.15) is 0 Å². The van der Waals surface area contributed by atoms with E-state index in [0.717, 1.165) is 46.9 Å². The van der Waals surface area contributed by atoms with Crippen LogP contribution in [-0.4, -0.2) is 16.4 Å². The van der Waals surface area contributed by atoms with Crippen LogP contribution < -0.4 is 4.74 Å². The Morgan fingerprint density at radius 2 is 1.72 bits per heavy atom. The highest BCUT2D eigenvalue weighted by atomic mass is 16.6. The van der Waals surface area contributed by atoms with E-state index < -0.39 is 6.29 Å². The second-order valence-corrected chi connectivity index (χ2v) is 13.6. The van der Waals surface area contributed by atoms with Gasteiger partial charge in [-0.25, -0.2) is 4.98 Å². The van der Waals surface area contributed by atoms with Crippen molar-refractivity contribution in [1.29, 1.82) is 0 Å². The van der Waals surface area contributed by atoms with Gasteiger partial charge in [-0.15, -0.1) is 0 Å². The predicted molar refractivity (Wildman–Crippen MR) is 147 cm³/mol. The van der Waals surface area contributed by atoms with Crippen molar-refractivity contribution in [2.24, 2.45) is 46.3 Å². The number of benzene rings is 1. The van der Waals surface area contributed by atoms with E-state index >= 15 is 0 Å². The van der Waals surface area contributed by atoms with Crippen LogP contribution in [0.5, 0.6) is 5.88 Å². The van der Waals surface area contributed by atoms with Gasteiger partial charge in [-0.3, -0.25) is 0 Å². The third-order valence-corrected chi connectivity index (χ3v) is 12.0. The maximum Gasteiger partial charge on any atom is 0.216 e. The van der Waals surface area contributed by atoms with Crippen molar-refractivity contribution in [2.75, 3.05) is 0 Å². The van der Waals surface area contributed by atoms with Crippen molar-refractivity contribution >= 4 is 10.9 Å². The highest BCUT2D eigenvalue weighted by Gasteiger charge is 2.60. The monoisotopic (exact) mass is 489 g/mol. The number of hydrogen-bond donors (Lipinski definition) is 1. The molecule has 0 radical (unpaired) electrons. The van der Waals surface area contributed by atoms with E-state index in [1.54, 1.807) is 0 Å². The number of aromatic nitrogens is 1. The van der Waals surface area contributed by atoms with Gasteiger partial charge >= 0.3 is 0 Å². The van der Waals surface area contributed by atoms with E-state index in [1.165, 1.54) is 64.2 Å². The van der Waals surface area contributed by atoms with Crippen LogP contribution in [0.4, 0.5) is 0 Å². The fraction of sp³-hybridized carbons (Fsp3) is 0.727. The molecule has 1 aromatic heterocycles. The largest absolute Gasteiger partial charge is 0.448 e. The maximum atomic E-state index is 10.7. The predicted octanol–water partition coefficient (Wildman–Crippen LogP) is 8.40. The van der Waals surface area contributed by atoms with Gasteiger partial charge in [0.25, 0.3) is 0 Å². The molecule has 196 valence electrons. The van der Waals surface area contributed by atoms with Gasteiger partial charge in [-0.05, 0) is 116 Å². The van der Waals surface area contributed by atoms with E-state index in [0.29, 0.717) is 29.0 Å². The average Bonchev–Trinajstić information content (AvgIpc) is 3.24. The molecule has 6 rings (SSSR count). The topological polar surface area (TPSA) is 42.4 Å². The summed E-state index contributed by atoms with van der Waals surface area (Å²) in [5.74, 6) is 5.80. The Balaban J connectivity index is 1.08. The van der Waals surface area contributed by atoms with Crippen molar-refractivity contribution in [3.8, 4) is 5.88 Å². The molecule has 4 aliphatic rings. The number of ether oxygens (including phenoxy) is 1. The molecule has 2 aromatic rings. The standard InChI is InChI=1S/C33H47NO2/c1-22(11-18-31(35)36-30-17-12-23-8-4-5-10-29(23)34-30)26-15-16-27-25-14-13-24-9-6-7-20-32(24,2)28(25)19-21-33(26,27)3/h4-5,8,10,12,17,22,24-28,31,35H,6-7,9,11,13-16,18-21H2,1-3H3/t22-,24?,25+,26-,27+,28+,31?,32+,33-/m1/s1. The Morgan fingerprint density at radius 1 is 0.889 bits per heavy atom. The molecule has 4 aliphatic carbocycles. The average molecular weight is 490 g/mol. The molecule has 0 saturated heterocycles. The van der Waals surface area contributed by atoms with E-state index in [1.807, 2.05) is 36.4 Å². The van der Waals surface area contributed by atoms with Crippen LogP contribution in [-0.2, 0) is 0 Å². The van der Waals surface area contributed by atoms with Gasteiger partial charge in [0.2, 0.25) is 5.88 Å². The molecule has 0 aliphatic heterocycles. The zero-order valence-electron chi connectivity index (χ0n) is 22.8. The Bertz CT molecular complexity index is 1070. The summed E-state index contributed by atoms with van der Waals surface area (Å²) in [6.07, 6.45) is 15.6. The van der Waals surface area contributed by atoms with Gasteiger partial charge in [0.15, 0.2) is 6.29 Å². The van der Waals surface area contributed by atoms with E-state index in [-0.39, 0.29) is 0 Å². The lowest BCUT2D eigenvalue weighted by atomic mass is 9.44. The quantitative estimate of drug-likeness (QED) is 0.414. The number of aliphatic hydroxyl groups excluding tert-OH is 1. The van der Waals surface area contributed by atoms with Gasteiger partial charge < -0.3 is 9.84 Å². The number of pyridine rings is 1. The molecule has 1 N–H and O–H groups in total. The van der Waals surface area contributed by atoms with Gasteiger partial charge in [0.05, 0.1) is 5.52 Å². The van der Waals surface area contributed by atoms with Crippen LogP contribution in [0.15, 0.2) is 36.4 Å². The molecular formula is C33H47NO2. The lowest BCUT2D eigenvalue weighted by Gasteiger charge is -2.61. The first-order valence-corrected chi connectivity index (χ1v) is 15.1. The SMILES string of the molecule is C[C@H](CCC(O)Oc1ccc2ccccc2n1)[C@H]1CC[C@H]2[C@@H]3CCC4CCCC[C@]4(C)[C@H]3CC[C@]12C. The maximum absolute atomic E-state index is 10.7. The Morgan fingerprint density at radius 3 is 2.61 bits per heavy atom. The lowest BCUT2D eigenvalue weighted by Crippen LogP contribution is -2.53. The van der Waals surface area contributed by atoms with E-state index in [9.17, 15) is 5.11 Å². The fourth-order valence-electron chi connectivity index (χ4n) is 10.2. The second-order valence-electron chi connectivity index (χ2n) is 13.6. The van der Waals surface area contributed by atoms with Crippen molar-refractivity contribution in [3.05, 3.63) is 36.4 Å². The molecule has 4 saturated carbocycles. The molecule has 9 atom stereocenters. The molecule has 3 nitrogen and oxygen atoms in total. The molecular weight excluding hydrogens is 442 g/mol. The molecule has 4 fully saturated rings. The van der Waals surface area contributed by atoms with Crippen LogP contribution in [0.25, 0.3) is 10.9 Å². The molecule has 2 unspecified atom stereocenters. The molecule has 1 aromatic carbocycles. The summed E-state index contributed by atoms with van der Waals surface area (Å²) < 4.78 is 5.84. The van der Waals surface area contributed by atoms with Crippen molar-refractivity contribution in [2.45, 2.75) is 104 Å². The van der Waals surface area contributed by atoms with Crippen molar-refractivity contribution in [3.63, 3.8) is 0 Å². The van der Waals surface area contributed by atoms with Crippen LogP contribution in [0.3, 0.4) is 0 Å². The third-order valence-electron chi connectivity index (χ3n) is 12.0. The zero-order valence-corrected chi connectivity index (χ0v) is 22.8. The molecule has 0 amide bonds. The van der Waals surface area contributed by atoms with Crippen LogP contribution in [0.2, 0.25) is 0 Å². The molecule has 1 heterocycles. The van der Waals surface area contributed by atoms with Gasteiger partial charge in [-0.1, -0.05) is 51.8 Å². The number of rotatable bonds is 6. The van der Waals surface area contributed by atoms with Crippen molar-refractivity contribution < 1.29 is 9.84 Å². The van der Waals surface area contributed by atoms with Crippen LogP contribution in [0.1, 0.15) is 97.8 Å². The second kappa shape index (κ2) is 9.61. The van der Waals surface area contributed by atoms with Crippen molar-refractivity contribution in [1.82, 2.24) is 4.98 Å². The number of fused-ring (bicyclic) bond motifs is 6. The summed E-state index contributed by atoms with van der Waals surface area (Å²) in [6.45, 7) is 7.80. The Kier molecular flexibility index (Phi) is 6.59. The number of nitrogens with zero attached hydrogens (tertiary/aromatic N) is 1. The minimum atomic E-state index is -0.789. The minimum absolute atomic E-state index is 0.490. The highest BCUT2D eigenvalue weighted by Crippen LogP contribution is 2.68. The number of hydrogen-bond acceptors (Lipinski definition) is 3. The highest BCUT2D eigenvalue weighted by molar-refractivity contribution is 5.78. The summed E-state index contributed by atoms with van der Waals surface area (Å²) >= 11 is 0. The summed E-state index contributed by atoms with van der Waals surface area (Å²) in [4.78, 5) is 4.58. The van der Waals surface area contributed by atoms with E-state index in [2.05, 4.69) is 25.8 Å². The first kappa shape index (κ1) is 24.7. The summed E-state index contributed by atoms with van der Waals surface area (Å²) in [6, 6.07) is 11.9. The summed E-state index contributed by atoms with van der Waals surface area (Å²) in [7, 11) is 0. The smallest absolute Gasteiger partial charge is 0.216 e. The summed E-state index contributed by atoms with van der Waals surface area (Å²) in [5.41, 5.74) is 2.03. The molecule has 0 spiro atoms. The lowest BCUT2D eigenvalue weighted by molar-refractivity contribution is -0.115. The van der Waals surface area contributed by atoms with Gasteiger partial charge in [0.1, 0.15) is 0 Å². The molecule has 0 bridgehead atoms. The Labute approximate surface area is 218 Å². The number of para-hydroxylation sites is 1. The fourth-order valence-corrected chi connectivity index (χ4v) is 10.2. The number of aliphatic hydroxyl groups is 1. The van der Waals surface area contributed by atoms with E-state index in [4.69, 9.17) is 4.74 Å². The van der Waals surface area contributed by atoms with Crippen LogP contribution >= 0.6 is 0 Å². The molecule has 36 heavy (non-hydrogen) atoms.